The van der Waals surface area contributed by atoms with E-state index in [1.807, 2.05) is 20.8 Å². The van der Waals surface area contributed by atoms with Gasteiger partial charge in [0.1, 0.15) is 0 Å². The van der Waals surface area contributed by atoms with Crippen molar-refractivity contribution >= 4 is 29.0 Å². The van der Waals surface area contributed by atoms with Crippen LogP contribution in [-0.2, 0) is 10.5 Å². The van der Waals surface area contributed by atoms with Crippen molar-refractivity contribution < 1.29 is 9.90 Å². The van der Waals surface area contributed by atoms with Gasteiger partial charge in [-0.05, 0) is 27.2 Å². The number of thioether (sulfide) groups is 1. The molecule has 1 aromatic rings. The van der Waals surface area contributed by atoms with Gasteiger partial charge in [-0.2, -0.15) is 11.8 Å². The Morgan fingerprint density at radius 2 is 2.32 bits per heavy atom. The first-order valence-corrected chi connectivity index (χ1v) is 8.37. The van der Waals surface area contributed by atoms with Gasteiger partial charge in [0, 0.05) is 35.5 Å². The smallest absolute Gasteiger partial charge is 0.221 e. The molecule has 0 fully saturated rings. The SMILES string of the molecule is Cc1nc(CSCCC(=O)NC(C)(C)CCO)cs1. The summed E-state index contributed by atoms with van der Waals surface area (Å²) in [5.41, 5.74) is 0.760. The molecule has 1 heterocycles. The second kappa shape index (κ2) is 7.87. The van der Waals surface area contributed by atoms with E-state index >= 15 is 0 Å². The van der Waals surface area contributed by atoms with Crippen molar-refractivity contribution in [2.24, 2.45) is 0 Å². The molecule has 0 saturated carbocycles. The summed E-state index contributed by atoms with van der Waals surface area (Å²) in [6.45, 7) is 5.93. The molecule has 4 nitrogen and oxygen atoms in total. The molecule has 1 rings (SSSR count). The first kappa shape index (κ1) is 16.5. The molecule has 1 aromatic heterocycles. The normalized spacial score (nSPS) is 11.6. The standard InChI is InChI=1S/C13H22N2O2S2/c1-10-14-11(9-19-10)8-18-7-4-12(17)15-13(2,3)5-6-16/h9,16H,4-8H2,1-3H3,(H,15,17). The fraction of sp³-hybridized carbons (Fsp3) is 0.692. The number of thiazole rings is 1. The fourth-order valence-corrected chi connectivity index (χ4v) is 3.15. The third-order valence-corrected chi connectivity index (χ3v) is 4.42. The topological polar surface area (TPSA) is 62.2 Å². The highest BCUT2D eigenvalue weighted by molar-refractivity contribution is 7.98. The van der Waals surface area contributed by atoms with Crippen LogP contribution in [0.15, 0.2) is 5.38 Å². The van der Waals surface area contributed by atoms with Crippen molar-refractivity contribution in [3.63, 3.8) is 0 Å². The Morgan fingerprint density at radius 1 is 1.58 bits per heavy atom. The maximum Gasteiger partial charge on any atom is 0.221 e. The molecule has 2 N–H and O–H groups in total. The lowest BCUT2D eigenvalue weighted by atomic mass is 10.0. The fourth-order valence-electron chi connectivity index (χ4n) is 1.60. The molecular weight excluding hydrogens is 280 g/mol. The van der Waals surface area contributed by atoms with Crippen LogP contribution in [0.25, 0.3) is 0 Å². The molecule has 0 aliphatic rings. The number of hydrogen-bond donors (Lipinski definition) is 2. The van der Waals surface area contributed by atoms with Crippen molar-refractivity contribution in [1.29, 1.82) is 0 Å². The number of aryl methyl sites for hydroxylation is 1. The molecule has 0 aliphatic heterocycles. The van der Waals surface area contributed by atoms with Crippen molar-refractivity contribution in [2.45, 2.75) is 44.9 Å². The van der Waals surface area contributed by atoms with E-state index in [4.69, 9.17) is 5.11 Å². The highest BCUT2D eigenvalue weighted by Crippen LogP contribution is 2.16. The Hall–Kier alpha value is -0.590. The highest BCUT2D eigenvalue weighted by Gasteiger charge is 2.19. The number of carbonyl (C=O) groups is 1. The second-order valence-electron chi connectivity index (χ2n) is 5.07. The Labute approximate surface area is 123 Å². The van der Waals surface area contributed by atoms with Crippen LogP contribution in [0.1, 0.15) is 37.4 Å². The van der Waals surface area contributed by atoms with Gasteiger partial charge < -0.3 is 10.4 Å². The maximum absolute atomic E-state index is 11.7. The molecule has 19 heavy (non-hydrogen) atoms. The number of nitrogens with one attached hydrogen (secondary N) is 1. The van der Waals surface area contributed by atoms with Crippen LogP contribution in [0.4, 0.5) is 0 Å². The first-order valence-electron chi connectivity index (χ1n) is 6.33. The summed E-state index contributed by atoms with van der Waals surface area (Å²) in [5, 5.41) is 15.0. The van der Waals surface area contributed by atoms with Crippen molar-refractivity contribution in [2.75, 3.05) is 12.4 Å². The van der Waals surface area contributed by atoms with Crippen LogP contribution in [0.3, 0.4) is 0 Å². The zero-order valence-corrected chi connectivity index (χ0v) is 13.4. The molecule has 6 heteroatoms. The Kier molecular flexibility index (Phi) is 6.82. The number of amides is 1. The third kappa shape index (κ3) is 6.94. The van der Waals surface area contributed by atoms with E-state index in [1.54, 1.807) is 23.1 Å². The van der Waals surface area contributed by atoms with Gasteiger partial charge in [-0.15, -0.1) is 11.3 Å². The first-order chi connectivity index (χ1) is 8.93. The number of rotatable bonds is 8. The lowest BCUT2D eigenvalue weighted by molar-refractivity contribution is -0.122. The molecule has 1 amide bonds. The van der Waals surface area contributed by atoms with Gasteiger partial charge in [-0.3, -0.25) is 4.79 Å². The molecule has 0 aromatic carbocycles. The maximum atomic E-state index is 11.7. The predicted molar refractivity (Wildman–Crippen MR) is 81.6 cm³/mol. The minimum absolute atomic E-state index is 0.0420. The molecule has 0 unspecified atom stereocenters. The van der Waals surface area contributed by atoms with Crippen molar-refractivity contribution in [3.8, 4) is 0 Å². The van der Waals surface area contributed by atoms with Gasteiger partial charge in [0.2, 0.25) is 5.91 Å². The number of aliphatic hydroxyl groups excluding tert-OH is 1. The van der Waals surface area contributed by atoms with Crippen LogP contribution in [-0.4, -0.2) is 33.9 Å². The van der Waals surface area contributed by atoms with E-state index in [0.29, 0.717) is 12.8 Å². The van der Waals surface area contributed by atoms with Crippen molar-refractivity contribution in [1.82, 2.24) is 10.3 Å². The third-order valence-electron chi connectivity index (χ3n) is 2.60. The van der Waals surface area contributed by atoms with Gasteiger partial charge in [-0.1, -0.05) is 0 Å². The van der Waals surface area contributed by atoms with Crippen LogP contribution in [0, 0.1) is 6.92 Å². The van der Waals surface area contributed by atoms with Gasteiger partial charge >= 0.3 is 0 Å². The summed E-state index contributed by atoms with van der Waals surface area (Å²) >= 11 is 3.38. The number of aliphatic hydroxyl groups is 1. The molecule has 0 saturated heterocycles. The average molecular weight is 302 g/mol. The number of aromatic nitrogens is 1. The molecule has 0 radical (unpaired) electrons. The van der Waals surface area contributed by atoms with Crippen molar-refractivity contribution in [3.05, 3.63) is 16.1 Å². The molecule has 0 spiro atoms. The van der Waals surface area contributed by atoms with Crippen LogP contribution in [0.5, 0.6) is 0 Å². The average Bonchev–Trinajstić information content (AvgIpc) is 2.69. The molecule has 0 atom stereocenters. The minimum atomic E-state index is -0.331. The van der Waals surface area contributed by atoms with E-state index in [1.165, 1.54) is 0 Å². The molecule has 0 bridgehead atoms. The van der Waals surface area contributed by atoms with Gasteiger partial charge in [0.05, 0.1) is 10.7 Å². The Morgan fingerprint density at radius 3 is 2.89 bits per heavy atom. The predicted octanol–water partition coefficient (Wildman–Crippen LogP) is 2.35. The van der Waals surface area contributed by atoms with Gasteiger partial charge in [-0.25, -0.2) is 4.98 Å². The summed E-state index contributed by atoms with van der Waals surface area (Å²) in [6, 6.07) is 0. The summed E-state index contributed by atoms with van der Waals surface area (Å²) in [6.07, 6.45) is 1.08. The van der Waals surface area contributed by atoms with E-state index in [0.717, 1.165) is 22.2 Å². The van der Waals surface area contributed by atoms with E-state index in [9.17, 15) is 4.79 Å². The van der Waals surface area contributed by atoms with Crippen LogP contribution in [0.2, 0.25) is 0 Å². The van der Waals surface area contributed by atoms with Crippen LogP contribution < -0.4 is 5.32 Å². The Balaban J connectivity index is 2.17. The van der Waals surface area contributed by atoms with E-state index in [-0.39, 0.29) is 18.1 Å². The summed E-state index contributed by atoms with van der Waals surface area (Å²) in [5.74, 6) is 1.69. The molecular formula is C13H22N2O2S2. The summed E-state index contributed by atoms with van der Waals surface area (Å²) < 4.78 is 0. The zero-order valence-electron chi connectivity index (χ0n) is 11.7. The largest absolute Gasteiger partial charge is 0.396 e. The molecule has 0 aliphatic carbocycles. The number of nitrogens with zero attached hydrogens (tertiary/aromatic N) is 1. The summed E-state index contributed by atoms with van der Waals surface area (Å²) in [4.78, 5) is 16.1. The minimum Gasteiger partial charge on any atom is -0.396 e. The van der Waals surface area contributed by atoms with Crippen LogP contribution >= 0.6 is 23.1 Å². The van der Waals surface area contributed by atoms with E-state index in [2.05, 4.69) is 15.7 Å². The quantitative estimate of drug-likeness (QED) is 0.724. The lowest BCUT2D eigenvalue weighted by Crippen LogP contribution is -2.44. The Bertz CT molecular complexity index is 405. The van der Waals surface area contributed by atoms with E-state index < -0.39 is 0 Å². The zero-order chi connectivity index (χ0) is 14.3. The van der Waals surface area contributed by atoms with Gasteiger partial charge in [0.25, 0.3) is 0 Å². The number of hydrogen-bond acceptors (Lipinski definition) is 5. The second-order valence-corrected chi connectivity index (χ2v) is 7.23. The lowest BCUT2D eigenvalue weighted by Gasteiger charge is -2.25. The number of carbonyl (C=O) groups excluding carboxylic acids is 1. The summed E-state index contributed by atoms with van der Waals surface area (Å²) in [7, 11) is 0. The molecule has 108 valence electrons. The monoisotopic (exact) mass is 302 g/mol. The van der Waals surface area contributed by atoms with Gasteiger partial charge in [0.15, 0.2) is 0 Å². The highest BCUT2D eigenvalue weighted by atomic mass is 32.2.